The maximum atomic E-state index is 5.44. The summed E-state index contributed by atoms with van der Waals surface area (Å²) in [6.07, 6.45) is 8.67. The van der Waals surface area contributed by atoms with Gasteiger partial charge >= 0.3 is 0 Å². The van der Waals surface area contributed by atoms with Crippen molar-refractivity contribution in [3.8, 4) is 11.5 Å². The van der Waals surface area contributed by atoms with Crippen molar-refractivity contribution in [3.63, 3.8) is 0 Å². The summed E-state index contributed by atoms with van der Waals surface area (Å²) in [6, 6.07) is 14.2. The van der Waals surface area contributed by atoms with E-state index in [0.29, 0.717) is 12.2 Å². The number of ether oxygens (including phenoxy) is 2. The van der Waals surface area contributed by atoms with E-state index in [1.807, 2.05) is 42.6 Å². The number of aliphatic imine (C=N–C) groups is 2. The van der Waals surface area contributed by atoms with Gasteiger partial charge in [0, 0.05) is 24.1 Å². The van der Waals surface area contributed by atoms with Gasteiger partial charge in [-0.2, -0.15) is 0 Å². The average Bonchev–Trinajstić information content (AvgIpc) is 3.22. The van der Waals surface area contributed by atoms with Crippen LogP contribution in [-0.4, -0.2) is 25.6 Å². The van der Waals surface area contributed by atoms with Crippen molar-refractivity contribution >= 4 is 23.2 Å². The van der Waals surface area contributed by atoms with E-state index in [4.69, 9.17) is 14.5 Å². The first-order valence-electron chi connectivity index (χ1n) is 9.19. The van der Waals surface area contributed by atoms with Crippen LogP contribution < -0.4 is 9.47 Å². The molecule has 0 aliphatic carbocycles. The lowest BCUT2D eigenvalue weighted by Crippen LogP contribution is -2.25. The quantitative estimate of drug-likeness (QED) is 0.720. The number of fused-ring (bicyclic) bond motifs is 1. The zero-order valence-electron chi connectivity index (χ0n) is 16.1. The van der Waals surface area contributed by atoms with Crippen LogP contribution >= 0.6 is 0 Å². The van der Waals surface area contributed by atoms with E-state index < -0.39 is 0 Å². The molecular weight excluding hydrogens is 348 g/mol. The standard InChI is InChI=1S/C24H22N2O2/c1-4-16-6-5-7-18(12-16)20-15-19-10-11-25-24(19)21(26-20)13-17-8-9-22(27-2)23(14-17)28-3/h4-12,14-15,19H,1,13H2,2-3H3. The Kier molecular flexibility index (Phi) is 4.94. The highest BCUT2D eigenvalue weighted by Crippen LogP contribution is 2.31. The molecule has 2 aliphatic heterocycles. The fourth-order valence-electron chi connectivity index (χ4n) is 3.50. The summed E-state index contributed by atoms with van der Waals surface area (Å²) in [5.41, 5.74) is 6.22. The van der Waals surface area contributed by atoms with Crippen LogP contribution in [-0.2, 0) is 6.42 Å². The number of rotatable bonds is 6. The lowest BCUT2D eigenvalue weighted by atomic mass is 9.91. The number of hydrogen-bond acceptors (Lipinski definition) is 4. The van der Waals surface area contributed by atoms with Crippen LogP contribution in [0.3, 0.4) is 0 Å². The van der Waals surface area contributed by atoms with Gasteiger partial charge in [-0.1, -0.05) is 43.0 Å². The van der Waals surface area contributed by atoms with E-state index >= 15 is 0 Å². The maximum Gasteiger partial charge on any atom is 0.160 e. The highest BCUT2D eigenvalue weighted by atomic mass is 16.5. The van der Waals surface area contributed by atoms with E-state index in [9.17, 15) is 0 Å². The molecule has 0 aromatic heterocycles. The van der Waals surface area contributed by atoms with Crippen LogP contribution in [0.25, 0.3) is 11.8 Å². The molecule has 2 aromatic carbocycles. The molecular formula is C24H22N2O2. The van der Waals surface area contributed by atoms with Crippen molar-refractivity contribution in [2.45, 2.75) is 6.42 Å². The zero-order valence-corrected chi connectivity index (χ0v) is 16.1. The molecule has 140 valence electrons. The molecule has 2 heterocycles. The van der Waals surface area contributed by atoms with Crippen LogP contribution in [0.1, 0.15) is 16.7 Å². The van der Waals surface area contributed by atoms with Gasteiger partial charge in [-0.25, -0.2) is 0 Å². The molecule has 2 aliphatic rings. The number of nitrogens with zero attached hydrogens (tertiary/aromatic N) is 2. The highest BCUT2D eigenvalue weighted by Gasteiger charge is 2.26. The average molecular weight is 370 g/mol. The Morgan fingerprint density at radius 1 is 1.07 bits per heavy atom. The van der Waals surface area contributed by atoms with Crippen LogP contribution in [0.4, 0.5) is 0 Å². The smallest absolute Gasteiger partial charge is 0.160 e. The molecule has 4 heteroatoms. The molecule has 0 N–H and O–H groups in total. The van der Waals surface area contributed by atoms with Crippen molar-refractivity contribution in [1.29, 1.82) is 0 Å². The highest BCUT2D eigenvalue weighted by molar-refractivity contribution is 6.46. The van der Waals surface area contributed by atoms with Gasteiger partial charge in [0.15, 0.2) is 11.5 Å². The number of methoxy groups -OCH3 is 2. The second-order valence-corrected chi connectivity index (χ2v) is 6.69. The first-order valence-corrected chi connectivity index (χ1v) is 9.19. The van der Waals surface area contributed by atoms with Crippen LogP contribution in [0.2, 0.25) is 0 Å². The third kappa shape index (κ3) is 3.41. The summed E-state index contributed by atoms with van der Waals surface area (Å²) in [5, 5.41) is 0. The Hall–Kier alpha value is -3.40. The Morgan fingerprint density at radius 3 is 2.71 bits per heavy atom. The van der Waals surface area contributed by atoms with Gasteiger partial charge in [0.25, 0.3) is 0 Å². The molecule has 28 heavy (non-hydrogen) atoms. The minimum Gasteiger partial charge on any atom is -0.493 e. The summed E-state index contributed by atoms with van der Waals surface area (Å²) in [7, 11) is 3.29. The second kappa shape index (κ2) is 7.69. The molecule has 0 bridgehead atoms. The van der Waals surface area contributed by atoms with E-state index in [2.05, 4.69) is 35.9 Å². The fourth-order valence-corrected chi connectivity index (χ4v) is 3.50. The maximum absolute atomic E-state index is 5.44. The molecule has 1 unspecified atom stereocenters. The minimum absolute atomic E-state index is 0.162. The Balaban J connectivity index is 1.70. The van der Waals surface area contributed by atoms with Crippen molar-refractivity contribution in [2.24, 2.45) is 15.9 Å². The lowest BCUT2D eigenvalue weighted by molar-refractivity contribution is 0.354. The van der Waals surface area contributed by atoms with E-state index in [0.717, 1.165) is 39.6 Å². The van der Waals surface area contributed by atoms with Crippen LogP contribution in [0.5, 0.6) is 11.5 Å². The number of hydrogen-bond donors (Lipinski definition) is 0. The monoisotopic (exact) mass is 370 g/mol. The summed E-state index contributed by atoms with van der Waals surface area (Å²) in [6.45, 7) is 3.86. The predicted molar refractivity (Wildman–Crippen MR) is 115 cm³/mol. The SMILES string of the molecule is C=Cc1cccc(C2=CC3C=CN=C3C(Cc3ccc(OC)c(OC)c3)=N2)c1. The van der Waals surface area contributed by atoms with E-state index in [-0.39, 0.29) is 5.92 Å². The normalized spacial score (nSPS) is 17.4. The molecule has 0 radical (unpaired) electrons. The summed E-state index contributed by atoms with van der Waals surface area (Å²) in [5.74, 6) is 1.60. The minimum atomic E-state index is 0.162. The summed E-state index contributed by atoms with van der Waals surface area (Å²) < 4.78 is 10.8. The van der Waals surface area contributed by atoms with Gasteiger partial charge in [0.2, 0.25) is 0 Å². The number of allylic oxidation sites excluding steroid dienone is 2. The molecule has 4 rings (SSSR count). The van der Waals surface area contributed by atoms with Crippen molar-refractivity contribution in [1.82, 2.24) is 0 Å². The predicted octanol–water partition coefficient (Wildman–Crippen LogP) is 4.97. The van der Waals surface area contributed by atoms with E-state index in [1.165, 1.54) is 0 Å². The third-order valence-electron chi connectivity index (χ3n) is 4.95. The fraction of sp³-hybridized carbons (Fsp3) is 0.167. The molecule has 4 nitrogen and oxygen atoms in total. The number of benzene rings is 2. The topological polar surface area (TPSA) is 43.2 Å². The van der Waals surface area contributed by atoms with Gasteiger partial charge in [-0.15, -0.1) is 0 Å². The summed E-state index contributed by atoms with van der Waals surface area (Å²) >= 11 is 0. The zero-order chi connectivity index (χ0) is 19.5. The Morgan fingerprint density at radius 2 is 1.93 bits per heavy atom. The van der Waals surface area contributed by atoms with Crippen molar-refractivity contribution in [2.75, 3.05) is 14.2 Å². The van der Waals surface area contributed by atoms with Crippen LogP contribution in [0, 0.1) is 5.92 Å². The molecule has 0 amide bonds. The second-order valence-electron chi connectivity index (χ2n) is 6.69. The molecule has 0 fully saturated rings. The molecule has 1 atom stereocenters. The first kappa shape index (κ1) is 18.0. The van der Waals surface area contributed by atoms with Gasteiger partial charge in [-0.05, 0) is 35.4 Å². The molecule has 0 spiro atoms. The van der Waals surface area contributed by atoms with Crippen molar-refractivity contribution in [3.05, 3.63) is 84.1 Å². The Labute approximate surface area is 165 Å². The largest absolute Gasteiger partial charge is 0.493 e. The lowest BCUT2D eigenvalue weighted by Gasteiger charge is -2.19. The third-order valence-corrected chi connectivity index (χ3v) is 4.95. The first-order chi connectivity index (χ1) is 13.7. The van der Waals surface area contributed by atoms with Gasteiger partial charge in [0.1, 0.15) is 0 Å². The molecule has 2 aromatic rings. The Bertz CT molecular complexity index is 1040. The van der Waals surface area contributed by atoms with Gasteiger partial charge in [0.05, 0.1) is 31.3 Å². The van der Waals surface area contributed by atoms with Gasteiger partial charge < -0.3 is 9.47 Å². The van der Waals surface area contributed by atoms with Gasteiger partial charge in [-0.3, -0.25) is 9.98 Å². The molecule has 0 saturated carbocycles. The molecule has 0 saturated heterocycles. The van der Waals surface area contributed by atoms with Crippen molar-refractivity contribution < 1.29 is 9.47 Å². The van der Waals surface area contributed by atoms with E-state index in [1.54, 1.807) is 14.2 Å². The summed E-state index contributed by atoms with van der Waals surface area (Å²) in [4.78, 5) is 9.53. The van der Waals surface area contributed by atoms with Crippen LogP contribution in [0.15, 0.2) is 77.4 Å².